The quantitative estimate of drug-likeness (QED) is 0.417. The first-order chi connectivity index (χ1) is 13.5. The van der Waals surface area contributed by atoms with Crippen molar-refractivity contribution in [2.45, 2.75) is 32.6 Å². The third-order valence-corrected chi connectivity index (χ3v) is 4.66. The Morgan fingerprint density at radius 2 is 2.04 bits per heavy atom. The van der Waals surface area contributed by atoms with Gasteiger partial charge in [-0.05, 0) is 61.5 Å². The second-order valence-electron chi connectivity index (χ2n) is 6.93. The van der Waals surface area contributed by atoms with Gasteiger partial charge in [0.15, 0.2) is 0 Å². The molecule has 5 heteroatoms. The van der Waals surface area contributed by atoms with E-state index in [1.54, 1.807) is 18.4 Å². The lowest BCUT2D eigenvalue weighted by molar-refractivity contribution is 0.0742. The molecule has 0 aliphatic carbocycles. The van der Waals surface area contributed by atoms with Crippen molar-refractivity contribution in [2.75, 3.05) is 27.3 Å². The first kappa shape index (κ1) is 22.2. The third-order valence-electron chi connectivity index (χ3n) is 3.96. The van der Waals surface area contributed by atoms with Crippen LogP contribution in [-0.2, 0) is 22.6 Å². The molecule has 0 fully saturated rings. The maximum Gasteiger partial charge on any atom is 0.129 e. The van der Waals surface area contributed by atoms with E-state index in [4.69, 9.17) is 13.9 Å². The zero-order chi connectivity index (χ0) is 20.2. The number of allylic oxidation sites excluding steroid dienone is 1. The number of nitrogens with zero attached hydrogens (tertiary/aromatic N) is 1. The summed E-state index contributed by atoms with van der Waals surface area (Å²) in [7, 11) is 3.71. The largest absolute Gasteiger partial charge is 0.462 e. The van der Waals surface area contributed by atoms with Crippen LogP contribution >= 0.6 is 11.3 Å². The molecule has 2 aromatic rings. The Hall–Kier alpha value is -2.10. The normalized spacial score (nSPS) is 12.2. The number of furan rings is 1. The maximum atomic E-state index is 5.84. The van der Waals surface area contributed by atoms with E-state index in [1.807, 2.05) is 51.3 Å². The van der Waals surface area contributed by atoms with Gasteiger partial charge in [0, 0.05) is 13.7 Å². The number of ether oxygens (including phenoxy) is 2. The third kappa shape index (κ3) is 8.73. The lowest BCUT2D eigenvalue weighted by Crippen LogP contribution is -2.19. The van der Waals surface area contributed by atoms with Gasteiger partial charge >= 0.3 is 0 Å². The van der Waals surface area contributed by atoms with Crippen molar-refractivity contribution < 1.29 is 13.9 Å². The Morgan fingerprint density at radius 1 is 1.21 bits per heavy atom. The highest BCUT2D eigenvalue weighted by Crippen LogP contribution is 2.12. The molecular weight excluding hydrogens is 370 g/mol. The van der Waals surface area contributed by atoms with Gasteiger partial charge in [0.05, 0.1) is 13.2 Å². The summed E-state index contributed by atoms with van der Waals surface area (Å²) in [4.78, 5) is 2.16. The molecule has 0 spiro atoms. The SMILES string of the molecule is COC(C)(C)C#C/C=C/CN(C)Cc1ccc(COC/C=C/c2ccsc2)o1. The summed E-state index contributed by atoms with van der Waals surface area (Å²) >= 11 is 1.69. The highest BCUT2D eigenvalue weighted by atomic mass is 32.1. The van der Waals surface area contributed by atoms with E-state index >= 15 is 0 Å². The monoisotopic (exact) mass is 399 g/mol. The summed E-state index contributed by atoms with van der Waals surface area (Å²) in [6, 6.07) is 6.06. The van der Waals surface area contributed by atoms with Crippen molar-refractivity contribution in [3.63, 3.8) is 0 Å². The average molecular weight is 400 g/mol. The Labute approximate surface area is 172 Å². The summed E-state index contributed by atoms with van der Waals surface area (Å²) < 4.78 is 16.7. The highest BCUT2D eigenvalue weighted by molar-refractivity contribution is 7.08. The van der Waals surface area contributed by atoms with Crippen molar-refractivity contribution in [3.05, 3.63) is 64.3 Å². The first-order valence-electron chi connectivity index (χ1n) is 9.24. The Bertz CT molecular complexity index is 807. The number of methoxy groups -OCH3 is 1. The van der Waals surface area contributed by atoms with Gasteiger partial charge in [-0.2, -0.15) is 11.3 Å². The number of rotatable bonds is 10. The maximum absolute atomic E-state index is 5.84. The second kappa shape index (κ2) is 11.7. The molecule has 0 N–H and O–H groups in total. The zero-order valence-corrected chi connectivity index (χ0v) is 17.9. The molecule has 150 valence electrons. The molecule has 2 aromatic heterocycles. The first-order valence-corrected chi connectivity index (χ1v) is 10.2. The van der Waals surface area contributed by atoms with Crippen LogP contribution in [0.25, 0.3) is 6.08 Å². The molecule has 0 aliphatic heterocycles. The summed E-state index contributed by atoms with van der Waals surface area (Å²) in [5.74, 6) is 7.84. The zero-order valence-electron chi connectivity index (χ0n) is 17.1. The fraction of sp³-hybridized carbons (Fsp3) is 0.391. The van der Waals surface area contributed by atoms with E-state index < -0.39 is 5.60 Å². The number of hydrogen-bond donors (Lipinski definition) is 0. The van der Waals surface area contributed by atoms with Gasteiger partial charge < -0.3 is 13.9 Å². The van der Waals surface area contributed by atoms with Crippen LogP contribution in [0, 0.1) is 11.8 Å². The molecule has 0 amide bonds. The van der Waals surface area contributed by atoms with E-state index in [0.29, 0.717) is 13.2 Å². The molecule has 0 atom stereocenters. The van der Waals surface area contributed by atoms with Gasteiger partial charge in [-0.25, -0.2) is 0 Å². The summed E-state index contributed by atoms with van der Waals surface area (Å²) in [6.07, 6.45) is 7.98. The van der Waals surface area contributed by atoms with Crippen LogP contribution in [0.3, 0.4) is 0 Å². The molecule has 2 rings (SSSR count). The predicted octanol–water partition coefficient (Wildman–Crippen LogP) is 4.99. The van der Waals surface area contributed by atoms with Crippen molar-refractivity contribution in [3.8, 4) is 11.8 Å². The van der Waals surface area contributed by atoms with Gasteiger partial charge in [-0.3, -0.25) is 4.90 Å². The van der Waals surface area contributed by atoms with E-state index in [0.717, 1.165) is 24.6 Å². The van der Waals surface area contributed by atoms with Crippen LogP contribution < -0.4 is 0 Å². The van der Waals surface area contributed by atoms with Crippen LogP contribution in [-0.4, -0.2) is 37.8 Å². The van der Waals surface area contributed by atoms with Crippen molar-refractivity contribution in [1.82, 2.24) is 4.90 Å². The summed E-state index contributed by atoms with van der Waals surface area (Å²) in [5, 5.41) is 4.17. The van der Waals surface area contributed by atoms with E-state index in [9.17, 15) is 0 Å². The fourth-order valence-corrected chi connectivity index (χ4v) is 2.88. The summed E-state index contributed by atoms with van der Waals surface area (Å²) in [5.41, 5.74) is 0.794. The molecule has 0 aliphatic rings. The number of thiophene rings is 1. The van der Waals surface area contributed by atoms with Crippen molar-refractivity contribution >= 4 is 17.4 Å². The molecule has 2 heterocycles. The molecule has 0 radical (unpaired) electrons. The van der Waals surface area contributed by atoms with Crippen LogP contribution in [0.1, 0.15) is 30.9 Å². The molecule has 0 aromatic carbocycles. The Kier molecular flexibility index (Phi) is 9.26. The van der Waals surface area contributed by atoms with Crippen molar-refractivity contribution in [1.29, 1.82) is 0 Å². The lowest BCUT2D eigenvalue weighted by Gasteiger charge is -2.13. The average Bonchev–Trinajstić information content (AvgIpc) is 3.33. The fourth-order valence-electron chi connectivity index (χ4n) is 2.26. The molecule has 0 bridgehead atoms. The minimum atomic E-state index is -0.414. The van der Waals surface area contributed by atoms with Gasteiger partial charge in [0.1, 0.15) is 23.7 Å². The Balaban J connectivity index is 1.67. The van der Waals surface area contributed by atoms with E-state index in [-0.39, 0.29) is 0 Å². The van der Waals surface area contributed by atoms with E-state index in [1.165, 1.54) is 5.56 Å². The molecule has 0 unspecified atom stereocenters. The van der Waals surface area contributed by atoms with Crippen LogP contribution in [0.5, 0.6) is 0 Å². The van der Waals surface area contributed by atoms with Gasteiger partial charge in [0.2, 0.25) is 0 Å². The standard InChI is InChI=1S/C23H29NO3S/c1-23(2,25-4)13-6-5-7-14-24(3)17-21-10-11-22(27-21)18-26-15-8-9-20-12-16-28-19-20/h5,7-12,16,19H,14-15,17-18H2,1-4H3/b7-5+,9-8+. The number of likely N-dealkylation sites (N-methyl/N-ethyl adjacent to an activating group) is 1. The van der Waals surface area contributed by atoms with E-state index in [2.05, 4.69) is 39.6 Å². The predicted molar refractivity (Wildman–Crippen MR) is 116 cm³/mol. The van der Waals surface area contributed by atoms with Gasteiger partial charge in [-0.1, -0.05) is 30.1 Å². The molecule has 4 nitrogen and oxygen atoms in total. The van der Waals surface area contributed by atoms with Crippen LogP contribution in [0.15, 0.2) is 51.6 Å². The van der Waals surface area contributed by atoms with Gasteiger partial charge in [-0.15, -0.1) is 0 Å². The smallest absolute Gasteiger partial charge is 0.129 e. The minimum absolute atomic E-state index is 0.414. The highest BCUT2D eigenvalue weighted by Gasteiger charge is 2.10. The summed E-state index contributed by atoms with van der Waals surface area (Å²) in [6.45, 7) is 6.46. The number of hydrogen-bond acceptors (Lipinski definition) is 5. The Morgan fingerprint density at radius 3 is 2.79 bits per heavy atom. The van der Waals surface area contributed by atoms with Gasteiger partial charge in [0.25, 0.3) is 0 Å². The minimum Gasteiger partial charge on any atom is -0.462 e. The second-order valence-corrected chi connectivity index (χ2v) is 7.71. The molecular formula is C23H29NO3S. The van der Waals surface area contributed by atoms with Crippen LogP contribution in [0.4, 0.5) is 0 Å². The molecule has 28 heavy (non-hydrogen) atoms. The van der Waals surface area contributed by atoms with Crippen LogP contribution in [0.2, 0.25) is 0 Å². The molecule has 0 saturated heterocycles. The van der Waals surface area contributed by atoms with Crippen molar-refractivity contribution in [2.24, 2.45) is 0 Å². The topological polar surface area (TPSA) is 34.8 Å². The lowest BCUT2D eigenvalue weighted by atomic mass is 10.1. The molecule has 0 saturated carbocycles.